The lowest BCUT2D eigenvalue weighted by atomic mass is 9.80. The highest BCUT2D eigenvalue weighted by atomic mass is 16.3. The zero-order valence-electron chi connectivity index (χ0n) is 9.03. The Kier molecular flexibility index (Phi) is 2.33. The molecule has 0 radical (unpaired) electrons. The monoisotopic (exact) mass is 193 g/mol. The number of likely N-dealkylation sites (tertiary alicyclic amines) is 1. The van der Waals surface area contributed by atoms with Gasteiger partial charge in [0, 0.05) is 31.0 Å². The highest BCUT2D eigenvalue weighted by Gasteiger charge is 2.52. The van der Waals surface area contributed by atoms with E-state index < -0.39 is 5.60 Å². The van der Waals surface area contributed by atoms with E-state index in [-0.39, 0.29) is 0 Å². The van der Waals surface area contributed by atoms with Crippen molar-refractivity contribution >= 4 is 0 Å². The predicted octanol–water partition coefficient (Wildman–Crippen LogP) is 1.10. The van der Waals surface area contributed by atoms with E-state index in [2.05, 4.69) is 24.7 Å². The number of terminal acetylenes is 1. The van der Waals surface area contributed by atoms with E-state index >= 15 is 0 Å². The van der Waals surface area contributed by atoms with Crippen molar-refractivity contribution in [2.24, 2.45) is 11.8 Å². The minimum Gasteiger partial charge on any atom is -0.377 e. The van der Waals surface area contributed by atoms with Crippen LogP contribution in [0.4, 0.5) is 0 Å². The molecule has 2 bridgehead atoms. The van der Waals surface area contributed by atoms with Crippen molar-refractivity contribution in [2.75, 3.05) is 13.1 Å². The Hall–Kier alpha value is -0.520. The number of rotatable bonds is 1. The summed E-state index contributed by atoms with van der Waals surface area (Å²) in [4.78, 5) is 2.44. The first kappa shape index (κ1) is 10.0. The predicted molar refractivity (Wildman–Crippen MR) is 56.7 cm³/mol. The Labute approximate surface area is 86.3 Å². The Morgan fingerprint density at radius 2 is 1.86 bits per heavy atom. The molecule has 1 aliphatic heterocycles. The molecule has 0 aromatic rings. The van der Waals surface area contributed by atoms with E-state index in [1.165, 1.54) is 0 Å². The van der Waals surface area contributed by atoms with Gasteiger partial charge in [-0.3, -0.25) is 0 Å². The summed E-state index contributed by atoms with van der Waals surface area (Å²) in [6.07, 6.45) is 7.65. The fourth-order valence-electron chi connectivity index (χ4n) is 2.93. The van der Waals surface area contributed by atoms with Gasteiger partial charge in [-0.2, -0.15) is 0 Å². The van der Waals surface area contributed by atoms with Gasteiger partial charge in [0.05, 0.1) is 0 Å². The molecule has 0 aromatic heterocycles. The molecule has 14 heavy (non-hydrogen) atoms. The van der Waals surface area contributed by atoms with Crippen molar-refractivity contribution in [3.63, 3.8) is 0 Å². The molecular weight excluding hydrogens is 174 g/mol. The summed E-state index contributed by atoms with van der Waals surface area (Å²) >= 11 is 0. The van der Waals surface area contributed by atoms with Crippen LogP contribution in [0.2, 0.25) is 0 Å². The molecule has 78 valence electrons. The maximum absolute atomic E-state index is 10.3. The molecule has 2 unspecified atom stereocenters. The fraction of sp³-hybridized carbons (Fsp3) is 0.833. The lowest BCUT2D eigenvalue weighted by molar-refractivity contribution is -0.0456. The smallest absolute Gasteiger partial charge is 0.133 e. The molecule has 2 heteroatoms. The first-order valence-corrected chi connectivity index (χ1v) is 5.52. The van der Waals surface area contributed by atoms with Crippen molar-refractivity contribution in [3.05, 3.63) is 0 Å². The molecule has 0 aromatic carbocycles. The van der Waals surface area contributed by atoms with Gasteiger partial charge < -0.3 is 10.0 Å². The van der Waals surface area contributed by atoms with Crippen molar-refractivity contribution < 1.29 is 5.11 Å². The van der Waals surface area contributed by atoms with Crippen LogP contribution in [0.5, 0.6) is 0 Å². The summed E-state index contributed by atoms with van der Waals surface area (Å²) < 4.78 is 0. The third-order valence-electron chi connectivity index (χ3n) is 3.98. The second-order valence-electron chi connectivity index (χ2n) is 4.99. The summed E-state index contributed by atoms with van der Waals surface area (Å²) in [6, 6.07) is 0.570. The van der Waals surface area contributed by atoms with Gasteiger partial charge in [0.15, 0.2) is 0 Å². The molecule has 1 N–H and O–H groups in total. The highest BCUT2D eigenvalue weighted by Crippen LogP contribution is 2.44. The van der Waals surface area contributed by atoms with Gasteiger partial charge in [-0.15, -0.1) is 6.42 Å². The zero-order chi connectivity index (χ0) is 10.3. The topological polar surface area (TPSA) is 23.5 Å². The molecule has 1 saturated heterocycles. The maximum atomic E-state index is 10.3. The summed E-state index contributed by atoms with van der Waals surface area (Å²) in [6.45, 7) is 6.35. The van der Waals surface area contributed by atoms with Gasteiger partial charge >= 0.3 is 0 Å². The Bertz CT molecular complexity index is 252. The van der Waals surface area contributed by atoms with Crippen molar-refractivity contribution in [3.8, 4) is 12.3 Å². The third kappa shape index (κ3) is 1.27. The molecule has 1 saturated carbocycles. The lowest BCUT2D eigenvalue weighted by Crippen LogP contribution is -2.54. The number of hydrogen-bond donors (Lipinski definition) is 1. The average Bonchev–Trinajstić information content (AvgIpc) is 2.40. The molecule has 2 nitrogen and oxygen atoms in total. The number of aliphatic hydroxyl groups is 1. The van der Waals surface area contributed by atoms with Gasteiger partial charge in [-0.1, -0.05) is 5.92 Å². The van der Waals surface area contributed by atoms with E-state index in [0.717, 1.165) is 25.9 Å². The minimum atomic E-state index is -0.800. The molecular formula is C12H19NO. The molecule has 0 amide bonds. The van der Waals surface area contributed by atoms with Gasteiger partial charge in [0.2, 0.25) is 0 Å². The Balaban J connectivity index is 2.17. The highest BCUT2D eigenvalue weighted by molar-refractivity contribution is 5.19. The summed E-state index contributed by atoms with van der Waals surface area (Å²) in [7, 11) is 0. The molecule has 1 aliphatic carbocycles. The quantitative estimate of drug-likeness (QED) is 0.630. The van der Waals surface area contributed by atoms with E-state index in [1.807, 2.05) is 0 Å². The van der Waals surface area contributed by atoms with Crippen LogP contribution in [0.15, 0.2) is 0 Å². The fourth-order valence-corrected chi connectivity index (χ4v) is 2.93. The van der Waals surface area contributed by atoms with E-state index in [0.29, 0.717) is 17.9 Å². The molecule has 1 heterocycles. The third-order valence-corrected chi connectivity index (χ3v) is 3.98. The molecule has 2 atom stereocenters. The van der Waals surface area contributed by atoms with Crippen molar-refractivity contribution in [1.29, 1.82) is 0 Å². The summed E-state index contributed by atoms with van der Waals surface area (Å²) in [5, 5.41) is 10.3. The van der Waals surface area contributed by atoms with Crippen LogP contribution in [0.25, 0.3) is 0 Å². The van der Waals surface area contributed by atoms with Crippen molar-refractivity contribution in [1.82, 2.24) is 4.90 Å². The van der Waals surface area contributed by atoms with Crippen LogP contribution < -0.4 is 0 Å². The Morgan fingerprint density at radius 3 is 2.21 bits per heavy atom. The largest absolute Gasteiger partial charge is 0.377 e. The first-order chi connectivity index (χ1) is 6.58. The van der Waals surface area contributed by atoms with Crippen LogP contribution in [0.1, 0.15) is 26.7 Å². The van der Waals surface area contributed by atoms with E-state index in [1.54, 1.807) is 0 Å². The second-order valence-corrected chi connectivity index (χ2v) is 4.99. The van der Waals surface area contributed by atoms with Gasteiger partial charge in [-0.05, 0) is 26.7 Å². The van der Waals surface area contributed by atoms with Crippen LogP contribution in [-0.4, -0.2) is 34.7 Å². The molecule has 2 aliphatic rings. The molecule has 2 fully saturated rings. The standard InChI is InChI=1S/C12H19NO/c1-4-12(14)10-5-6-11(12)8-13(7-10)9(2)3/h1,9-11,14H,5-8H2,2-3H3. The van der Waals surface area contributed by atoms with E-state index in [4.69, 9.17) is 6.42 Å². The maximum Gasteiger partial charge on any atom is 0.133 e. The second kappa shape index (κ2) is 3.25. The van der Waals surface area contributed by atoms with Crippen LogP contribution in [-0.2, 0) is 0 Å². The average molecular weight is 193 g/mol. The zero-order valence-corrected chi connectivity index (χ0v) is 9.03. The van der Waals surface area contributed by atoms with Crippen molar-refractivity contribution in [2.45, 2.75) is 38.3 Å². The van der Waals surface area contributed by atoms with Crippen LogP contribution in [0, 0.1) is 24.2 Å². The normalized spacial score (nSPS) is 42.8. The van der Waals surface area contributed by atoms with Gasteiger partial charge in [-0.25, -0.2) is 0 Å². The molecule has 2 rings (SSSR count). The minimum absolute atomic E-state index is 0.300. The lowest BCUT2D eigenvalue weighted by Gasteiger charge is -2.43. The molecule has 0 spiro atoms. The summed E-state index contributed by atoms with van der Waals surface area (Å²) in [5.41, 5.74) is -0.800. The first-order valence-electron chi connectivity index (χ1n) is 5.52. The van der Waals surface area contributed by atoms with Crippen LogP contribution in [0.3, 0.4) is 0 Å². The van der Waals surface area contributed by atoms with Crippen LogP contribution >= 0.6 is 0 Å². The Morgan fingerprint density at radius 1 is 1.36 bits per heavy atom. The number of fused-ring (bicyclic) bond motifs is 2. The number of hydrogen-bond acceptors (Lipinski definition) is 2. The SMILES string of the molecule is C#CC1(O)C2CCC1CN(C(C)C)C2. The summed E-state index contributed by atoms with van der Waals surface area (Å²) in [5.74, 6) is 3.23. The number of piperidine rings is 1. The number of nitrogens with zero attached hydrogens (tertiary/aromatic N) is 1. The van der Waals surface area contributed by atoms with E-state index in [9.17, 15) is 5.11 Å². The van der Waals surface area contributed by atoms with Gasteiger partial charge in [0.25, 0.3) is 0 Å². The van der Waals surface area contributed by atoms with Gasteiger partial charge in [0.1, 0.15) is 5.60 Å².